The maximum Gasteiger partial charge on any atom is 0.272 e. The summed E-state index contributed by atoms with van der Waals surface area (Å²) in [5.41, 5.74) is 2.01. The number of hydrogen-bond donors (Lipinski definition) is 2. The second kappa shape index (κ2) is 10.1. The first-order valence-electron chi connectivity index (χ1n) is 13.5. The predicted molar refractivity (Wildman–Crippen MR) is 142 cm³/mol. The van der Waals surface area contributed by atoms with E-state index in [4.69, 9.17) is 4.74 Å². The lowest BCUT2D eigenvalue weighted by atomic mass is 9.87. The summed E-state index contributed by atoms with van der Waals surface area (Å²) in [7, 11) is 1.43. The number of carbonyl (C=O) groups is 2. The van der Waals surface area contributed by atoms with Gasteiger partial charge in [-0.05, 0) is 50.8 Å². The number of methoxy groups -OCH3 is 1. The fraction of sp³-hybridized carbons (Fsp3) is 0.464. The van der Waals surface area contributed by atoms with Crippen molar-refractivity contribution >= 4 is 17.5 Å². The molecule has 210 valence electrons. The second-order valence-electron chi connectivity index (χ2n) is 10.9. The number of piperidine rings is 1. The number of amides is 2. The molecular weight excluding hydrogens is 520 g/mol. The van der Waals surface area contributed by atoms with Crippen molar-refractivity contribution in [3.63, 3.8) is 0 Å². The molecule has 3 fully saturated rings. The largest absolute Gasteiger partial charge is 0.481 e. The molecule has 0 radical (unpaired) electrons. The molecule has 6 rings (SSSR count). The zero-order chi connectivity index (χ0) is 28.0. The minimum atomic E-state index is -1.18. The summed E-state index contributed by atoms with van der Waals surface area (Å²) in [6, 6.07) is 6.15. The number of alkyl halides is 1. The van der Waals surface area contributed by atoms with Gasteiger partial charge in [-0.2, -0.15) is 5.10 Å². The molecule has 12 heteroatoms. The molecule has 2 aliphatic heterocycles. The Morgan fingerprint density at radius 1 is 1.18 bits per heavy atom. The minimum Gasteiger partial charge on any atom is -0.481 e. The molecular formula is C28H31F2N7O3. The minimum absolute atomic E-state index is 0.166. The van der Waals surface area contributed by atoms with E-state index in [0.717, 1.165) is 30.4 Å². The number of likely N-dealkylation sites (tertiary alicyclic amines) is 1. The number of nitrogens with one attached hydrogen (secondary N) is 2. The molecule has 2 amide bonds. The Morgan fingerprint density at radius 2 is 2.00 bits per heavy atom. The van der Waals surface area contributed by atoms with Crippen LogP contribution in [0.3, 0.4) is 0 Å². The maximum atomic E-state index is 14.9. The van der Waals surface area contributed by atoms with Gasteiger partial charge >= 0.3 is 0 Å². The number of halogens is 2. The van der Waals surface area contributed by atoms with Crippen LogP contribution in [0.5, 0.6) is 5.88 Å². The summed E-state index contributed by atoms with van der Waals surface area (Å²) >= 11 is 0. The van der Waals surface area contributed by atoms with Crippen LogP contribution >= 0.6 is 0 Å². The number of pyridine rings is 2. The van der Waals surface area contributed by atoms with Crippen molar-refractivity contribution in [2.45, 2.75) is 50.4 Å². The SMILES string of the molecule is COc1cc(-c2cc(C(=O)N3CC[C@H](C(=O)N[C@@H]4CN(c5ccc(C)nc5)C[C@@H]4F)CC34CC4)[nH]n2)c(F)cn1. The molecule has 2 N–H and O–H groups in total. The highest BCUT2D eigenvalue weighted by molar-refractivity contribution is 5.94. The first kappa shape index (κ1) is 26.1. The Bertz CT molecular complexity index is 1430. The summed E-state index contributed by atoms with van der Waals surface area (Å²) in [4.78, 5) is 38.5. The van der Waals surface area contributed by atoms with E-state index in [1.807, 2.05) is 24.0 Å². The molecule has 0 unspecified atom stereocenters. The van der Waals surface area contributed by atoms with Crippen LogP contribution in [0.1, 0.15) is 41.9 Å². The van der Waals surface area contributed by atoms with Crippen molar-refractivity contribution in [3.8, 4) is 17.1 Å². The van der Waals surface area contributed by atoms with Crippen LogP contribution in [0.15, 0.2) is 36.7 Å². The van der Waals surface area contributed by atoms with Gasteiger partial charge in [0.15, 0.2) is 5.82 Å². The number of aryl methyl sites for hydroxylation is 1. The van der Waals surface area contributed by atoms with Crippen LogP contribution in [0.25, 0.3) is 11.3 Å². The molecule has 10 nitrogen and oxygen atoms in total. The summed E-state index contributed by atoms with van der Waals surface area (Å²) in [6.45, 7) is 2.88. The number of ether oxygens (including phenoxy) is 1. The van der Waals surface area contributed by atoms with Crippen LogP contribution in [-0.4, -0.2) is 81.4 Å². The zero-order valence-corrected chi connectivity index (χ0v) is 22.4. The topological polar surface area (TPSA) is 116 Å². The summed E-state index contributed by atoms with van der Waals surface area (Å²) in [5.74, 6) is -1.04. The van der Waals surface area contributed by atoms with Crippen LogP contribution in [0.4, 0.5) is 14.5 Å². The Hall–Kier alpha value is -4.09. The third-order valence-electron chi connectivity index (χ3n) is 8.30. The van der Waals surface area contributed by atoms with E-state index in [1.165, 1.54) is 19.2 Å². The van der Waals surface area contributed by atoms with Crippen LogP contribution in [-0.2, 0) is 4.79 Å². The van der Waals surface area contributed by atoms with Crippen molar-refractivity contribution < 1.29 is 23.1 Å². The quantitative estimate of drug-likeness (QED) is 0.484. The Balaban J connectivity index is 1.09. The van der Waals surface area contributed by atoms with Gasteiger partial charge in [-0.25, -0.2) is 13.8 Å². The van der Waals surface area contributed by atoms with Crippen molar-refractivity contribution in [2.75, 3.05) is 31.6 Å². The first-order valence-corrected chi connectivity index (χ1v) is 13.5. The number of H-pyrrole nitrogens is 1. The van der Waals surface area contributed by atoms with Gasteiger partial charge in [0.2, 0.25) is 11.8 Å². The molecule has 0 bridgehead atoms. The van der Waals surface area contributed by atoms with Gasteiger partial charge in [0, 0.05) is 41.9 Å². The second-order valence-corrected chi connectivity index (χ2v) is 10.9. The summed E-state index contributed by atoms with van der Waals surface area (Å²) < 4.78 is 34.3. The van der Waals surface area contributed by atoms with Gasteiger partial charge in [-0.1, -0.05) is 0 Å². The van der Waals surface area contributed by atoms with Crippen molar-refractivity contribution in [3.05, 3.63) is 53.9 Å². The maximum absolute atomic E-state index is 14.9. The zero-order valence-electron chi connectivity index (χ0n) is 22.4. The normalized spacial score (nSPS) is 23.4. The number of rotatable bonds is 6. The molecule has 3 aromatic rings. The molecule has 3 aliphatic rings. The Morgan fingerprint density at radius 3 is 2.73 bits per heavy atom. The standard InChI is InChI=1S/C28H31F2N7O3/c1-16-3-4-18(12-31-16)36-14-21(30)24(15-36)33-26(38)17-5-8-37(28(11-17)6-7-28)27(39)23-10-22(34-35-23)19-9-25(40-2)32-13-20(19)29/h3-4,9-10,12-13,17,21,24H,5-8,11,14-15H2,1-2H3,(H,33,38)(H,34,35)/t17-,21-,24+/m0/s1. The lowest BCUT2D eigenvalue weighted by Gasteiger charge is -2.39. The average Bonchev–Trinajstić information content (AvgIpc) is 3.36. The highest BCUT2D eigenvalue weighted by atomic mass is 19.1. The van der Waals surface area contributed by atoms with Crippen molar-refractivity contribution in [1.29, 1.82) is 0 Å². The Kier molecular flexibility index (Phi) is 6.63. The van der Waals surface area contributed by atoms with E-state index < -0.39 is 23.6 Å². The van der Waals surface area contributed by atoms with Gasteiger partial charge in [0.1, 0.15) is 11.9 Å². The fourth-order valence-electron chi connectivity index (χ4n) is 5.85. The molecule has 5 heterocycles. The van der Waals surface area contributed by atoms with Gasteiger partial charge in [0.05, 0.1) is 43.5 Å². The first-order chi connectivity index (χ1) is 19.3. The number of aromatic amines is 1. The average molecular weight is 552 g/mol. The Labute approximate surface area is 230 Å². The molecule has 1 spiro atoms. The van der Waals surface area contributed by atoms with Gasteiger partial charge in [-0.3, -0.25) is 19.7 Å². The molecule has 1 saturated carbocycles. The molecule has 40 heavy (non-hydrogen) atoms. The van der Waals surface area contributed by atoms with E-state index in [-0.39, 0.29) is 47.1 Å². The number of anilines is 1. The number of carbonyl (C=O) groups excluding carboxylic acids is 2. The van der Waals surface area contributed by atoms with Crippen LogP contribution < -0.4 is 15.0 Å². The molecule has 3 aromatic heterocycles. The fourth-order valence-corrected chi connectivity index (χ4v) is 5.85. The van der Waals surface area contributed by atoms with Gasteiger partial charge in [0.25, 0.3) is 5.91 Å². The van der Waals surface area contributed by atoms with E-state index in [2.05, 4.69) is 25.5 Å². The lowest BCUT2D eigenvalue weighted by Crippen LogP contribution is -2.52. The number of nitrogens with zero attached hydrogens (tertiary/aromatic N) is 5. The van der Waals surface area contributed by atoms with E-state index in [9.17, 15) is 18.4 Å². The van der Waals surface area contributed by atoms with Crippen LogP contribution in [0.2, 0.25) is 0 Å². The number of hydrogen-bond acceptors (Lipinski definition) is 7. The third-order valence-corrected chi connectivity index (χ3v) is 8.30. The summed E-state index contributed by atoms with van der Waals surface area (Å²) in [5, 5.41) is 9.82. The lowest BCUT2D eigenvalue weighted by molar-refractivity contribution is -0.128. The summed E-state index contributed by atoms with van der Waals surface area (Å²) in [6.07, 6.45) is 4.19. The smallest absolute Gasteiger partial charge is 0.272 e. The third kappa shape index (κ3) is 4.86. The highest BCUT2D eigenvalue weighted by Crippen LogP contribution is 2.50. The number of aromatic nitrogens is 4. The van der Waals surface area contributed by atoms with Gasteiger partial charge < -0.3 is 19.9 Å². The van der Waals surface area contributed by atoms with Gasteiger partial charge in [-0.15, -0.1) is 0 Å². The van der Waals surface area contributed by atoms with Crippen molar-refractivity contribution in [2.24, 2.45) is 5.92 Å². The highest BCUT2D eigenvalue weighted by Gasteiger charge is 2.55. The van der Waals surface area contributed by atoms with E-state index in [1.54, 1.807) is 11.1 Å². The molecule has 3 atom stereocenters. The molecule has 1 aliphatic carbocycles. The monoisotopic (exact) mass is 551 g/mol. The molecule has 0 aromatic carbocycles. The predicted octanol–water partition coefficient (Wildman–Crippen LogP) is 3.05. The van der Waals surface area contributed by atoms with Crippen molar-refractivity contribution in [1.82, 2.24) is 30.4 Å². The van der Waals surface area contributed by atoms with E-state index in [0.29, 0.717) is 25.9 Å². The van der Waals surface area contributed by atoms with Crippen LogP contribution in [0, 0.1) is 18.7 Å². The van der Waals surface area contributed by atoms with E-state index >= 15 is 0 Å². The molecule has 2 saturated heterocycles.